The monoisotopic (exact) mass is 438 g/mol. The van der Waals surface area contributed by atoms with Crippen LogP contribution in [0.2, 0.25) is 0 Å². The Morgan fingerprint density at radius 1 is 1.07 bits per heavy atom. The van der Waals surface area contributed by atoms with Crippen LogP contribution in [-0.2, 0) is 21.2 Å². The number of amides is 1. The van der Waals surface area contributed by atoms with Crippen molar-refractivity contribution in [1.29, 1.82) is 0 Å². The summed E-state index contributed by atoms with van der Waals surface area (Å²) >= 11 is 0. The summed E-state index contributed by atoms with van der Waals surface area (Å²) < 4.78 is 49.5. The fraction of sp³-hybridized carbons (Fsp3) is 0.381. The topological polar surface area (TPSA) is 84.9 Å². The van der Waals surface area contributed by atoms with Gasteiger partial charge in [-0.25, -0.2) is 17.1 Å². The van der Waals surface area contributed by atoms with Crippen molar-refractivity contribution < 1.29 is 27.1 Å². The molecule has 164 valence electrons. The first kappa shape index (κ1) is 23.6. The average molecular weight is 439 g/mol. The van der Waals surface area contributed by atoms with Crippen molar-refractivity contribution >= 4 is 15.9 Å². The lowest BCUT2D eigenvalue weighted by Gasteiger charge is -2.17. The molecule has 0 saturated heterocycles. The van der Waals surface area contributed by atoms with E-state index in [2.05, 4.69) is 5.32 Å². The maximum atomic E-state index is 13.0. The lowest BCUT2D eigenvalue weighted by Crippen LogP contribution is -2.30. The molecule has 0 aliphatic heterocycles. The Morgan fingerprint density at radius 3 is 2.37 bits per heavy atom. The Kier molecular flexibility index (Phi) is 8.61. The number of hydrogen-bond acceptors (Lipinski definition) is 5. The molecule has 0 unspecified atom stereocenters. The van der Waals surface area contributed by atoms with Gasteiger partial charge in [-0.05, 0) is 54.8 Å². The van der Waals surface area contributed by atoms with E-state index in [0.29, 0.717) is 30.9 Å². The highest BCUT2D eigenvalue weighted by Gasteiger charge is 2.20. The molecule has 0 heterocycles. The number of carbonyl (C=O) groups excluding carboxylic acids is 1. The summed E-state index contributed by atoms with van der Waals surface area (Å²) in [6.07, 6.45) is 1.21. The standard InChI is InChI=1S/C21H27FN2O5S/c1-24(30(26,27)18-9-7-17(22)8-10-18)14-4-5-21(25)23-13-12-16-6-11-19(28-2)20(15-16)29-3/h6-11,15H,4-5,12-14H2,1-3H3,(H,23,25). The zero-order valence-electron chi connectivity index (χ0n) is 17.4. The molecule has 0 aliphatic carbocycles. The number of carbonyl (C=O) groups is 1. The van der Waals surface area contributed by atoms with E-state index in [1.807, 2.05) is 18.2 Å². The minimum Gasteiger partial charge on any atom is -0.493 e. The number of hydrogen-bond donors (Lipinski definition) is 1. The molecular weight excluding hydrogens is 411 g/mol. The highest BCUT2D eigenvalue weighted by Crippen LogP contribution is 2.27. The highest BCUT2D eigenvalue weighted by molar-refractivity contribution is 7.89. The molecule has 9 heteroatoms. The minimum absolute atomic E-state index is 0.0192. The van der Waals surface area contributed by atoms with Crippen LogP contribution in [0.5, 0.6) is 11.5 Å². The van der Waals surface area contributed by atoms with Gasteiger partial charge in [-0.3, -0.25) is 4.79 Å². The quantitative estimate of drug-likeness (QED) is 0.583. The van der Waals surface area contributed by atoms with Crippen LogP contribution in [-0.4, -0.2) is 53.0 Å². The molecule has 0 atom stereocenters. The summed E-state index contributed by atoms with van der Waals surface area (Å²) in [5, 5.41) is 2.83. The van der Waals surface area contributed by atoms with Gasteiger partial charge in [0, 0.05) is 26.6 Å². The van der Waals surface area contributed by atoms with Crippen molar-refractivity contribution in [2.24, 2.45) is 0 Å². The predicted molar refractivity (Wildman–Crippen MR) is 112 cm³/mol. The van der Waals surface area contributed by atoms with Crippen molar-refractivity contribution in [2.75, 3.05) is 34.4 Å². The molecule has 0 saturated carbocycles. The molecule has 0 aromatic heterocycles. The molecule has 0 radical (unpaired) electrons. The Labute approximate surface area is 176 Å². The van der Waals surface area contributed by atoms with E-state index >= 15 is 0 Å². The smallest absolute Gasteiger partial charge is 0.242 e. The van der Waals surface area contributed by atoms with Gasteiger partial charge in [-0.2, -0.15) is 0 Å². The first-order valence-electron chi connectivity index (χ1n) is 9.47. The van der Waals surface area contributed by atoms with Crippen molar-refractivity contribution in [3.05, 3.63) is 53.8 Å². The normalized spacial score (nSPS) is 11.4. The van der Waals surface area contributed by atoms with E-state index in [9.17, 15) is 17.6 Å². The lowest BCUT2D eigenvalue weighted by atomic mass is 10.1. The molecular formula is C21H27FN2O5S. The fourth-order valence-electron chi connectivity index (χ4n) is 2.84. The number of benzene rings is 2. The molecule has 1 amide bonds. The van der Waals surface area contributed by atoms with Crippen molar-refractivity contribution in [1.82, 2.24) is 9.62 Å². The molecule has 0 bridgehead atoms. The maximum Gasteiger partial charge on any atom is 0.242 e. The predicted octanol–water partition coefficient (Wildman–Crippen LogP) is 2.60. The number of sulfonamides is 1. The van der Waals surface area contributed by atoms with Gasteiger partial charge in [0.15, 0.2) is 11.5 Å². The SMILES string of the molecule is COc1ccc(CCNC(=O)CCCN(C)S(=O)(=O)c2ccc(F)cc2)cc1OC. The Hall–Kier alpha value is -2.65. The van der Waals surface area contributed by atoms with Gasteiger partial charge in [-0.1, -0.05) is 6.07 Å². The molecule has 2 rings (SSSR count). The molecule has 0 fully saturated rings. The van der Waals surface area contributed by atoms with Crippen molar-refractivity contribution in [2.45, 2.75) is 24.2 Å². The number of halogens is 1. The van der Waals surface area contributed by atoms with Crippen LogP contribution in [0.3, 0.4) is 0 Å². The van der Waals surface area contributed by atoms with Crippen LogP contribution in [0.4, 0.5) is 4.39 Å². The summed E-state index contributed by atoms with van der Waals surface area (Å²) in [6.45, 7) is 0.640. The molecule has 0 spiro atoms. The molecule has 1 N–H and O–H groups in total. The first-order chi connectivity index (χ1) is 14.3. The first-order valence-corrected chi connectivity index (χ1v) is 10.9. The number of nitrogens with zero attached hydrogens (tertiary/aromatic N) is 1. The summed E-state index contributed by atoms with van der Waals surface area (Å²) in [4.78, 5) is 12.0. The van der Waals surface area contributed by atoms with E-state index in [1.165, 1.54) is 19.2 Å². The van der Waals surface area contributed by atoms with Crippen LogP contribution in [0.25, 0.3) is 0 Å². The molecule has 2 aromatic rings. The van der Waals surface area contributed by atoms with Gasteiger partial charge < -0.3 is 14.8 Å². The second kappa shape index (κ2) is 10.9. The van der Waals surface area contributed by atoms with Gasteiger partial charge in [0.2, 0.25) is 15.9 Å². The van der Waals surface area contributed by atoms with Crippen molar-refractivity contribution in [3.8, 4) is 11.5 Å². The highest BCUT2D eigenvalue weighted by atomic mass is 32.2. The third-order valence-electron chi connectivity index (χ3n) is 4.58. The molecule has 0 aliphatic rings. The van der Waals surface area contributed by atoms with Gasteiger partial charge in [0.1, 0.15) is 5.82 Å². The summed E-state index contributed by atoms with van der Waals surface area (Å²) in [5.74, 6) is 0.626. The maximum absolute atomic E-state index is 13.0. The summed E-state index contributed by atoms with van der Waals surface area (Å²) in [7, 11) is 0.868. The summed E-state index contributed by atoms with van der Waals surface area (Å²) in [5.41, 5.74) is 0.998. The Bertz CT molecular complexity index is 948. The lowest BCUT2D eigenvalue weighted by molar-refractivity contribution is -0.121. The Morgan fingerprint density at radius 2 is 1.73 bits per heavy atom. The minimum atomic E-state index is -3.71. The number of nitrogens with one attached hydrogen (secondary N) is 1. The zero-order valence-corrected chi connectivity index (χ0v) is 18.2. The van der Waals surface area contributed by atoms with Gasteiger partial charge >= 0.3 is 0 Å². The number of rotatable bonds is 11. The van der Waals surface area contributed by atoms with Crippen LogP contribution in [0, 0.1) is 5.82 Å². The van der Waals surface area contributed by atoms with E-state index in [4.69, 9.17) is 9.47 Å². The number of methoxy groups -OCH3 is 2. The zero-order chi connectivity index (χ0) is 22.1. The fourth-order valence-corrected chi connectivity index (χ4v) is 4.05. The van der Waals surface area contributed by atoms with Crippen LogP contribution < -0.4 is 14.8 Å². The van der Waals surface area contributed by atoms with E-state index in [0.717, 1.165) is 22.0 Å². The second-order valence-corrected chi connectivity index (χ2v) is 8.72. The third kappa shape index (κ3) is 6.43. The van der Waals surface area contributed by atoms with Crippen LogP contribution >= 0.6 is 0 Å². The third-order valence-corrected chi connectivity index (χ3v) is 6.45. The largest absolute Gasteiger partial charge is 0.493 e. The van der Waals surface area contributed by atoms with Gasteiger partial charge in [-0.15, -0.1) is 0 Å². The van der Waals surface area contributed by atoms with E-state index in [1.54, 1.807) is 14.2 Å². The van der Waals surface area contributed by atoms with Crippen LogP contribution in [0.15, 0.2) is 47.4 Å². The number of ether oxygens (including phenoxy) is 2. The molecule has 2 aromatic carbocycles. The van der Waals surface area contributed by atoms with E-state index < -0.39 is 15.8 Å². The molecule has 30 heavy (non-hydrogen) atoms. The second-order valence-electron chi connectivity index (χ2n) is 6.67. The average Bonchev–Trinajstić information content (AvgIpc) is 2.73. The van der Waals surface area contributed by atoms with E-state index in [-0.39, 0.29) is 23.8 Å². The van der Waals surface area contributed by atoms with Crippen molar-refractivity contribution in [3.63, 3.8) is 0 Å². The summed E-state index contributed by atoms with van der Waals surface area (Å²) in [6, 6.07) is 10.2. The Balaban J connectivity index is 1.75. The van der Waals surface area contributed by atoms with Crippen LogP contribution in [0.1, 0.15) is 18.4 Å². The van der Waals surface area contributed by atoms with Gasteiger partial charge in [0.05, 0.1) is 19.1 Å². The molecule has 7 nitrogen and oxygen atoms in total. The van der Waals surface area contributed by atoms with Gasteiger partial charge in [0.25, 0.3) is 0 Å².